The average molecular weight is 411 g/mol. The second kappa shape index (κ2) is 6.33. The van der Waals surface area contributed by atoms with Crippen molar-refractivity contribution in [3.05, 3.63) is 12.3 Å². The number of allylic oxidation sites excluding steroid dienone is 1. The van der Waals surface area contributed by atoms with Crippen LogP contribution >= 0.6 is 34.4 Å². The molecule has 2 heterocycles. The number of thioether (sulfide) groups is 1. The number of halogens is 1. The summed E-state index contributed by atoms with van der Waals surface area (Å²) in [5.74, 6) is 0.629. The highest BCUT2D eigenvalue weighted by Crippen LogP contribution is 2.53. The predicted octanol–water partition coefficient (Wildman–Crippen LogP) is 1.33. The second-order valence-corrected chi connectivity index (χ2v) is 7.37. The maximum absolute atomic E-state index is 11.9. The lowest BCUT2D eigenvalue weighted by molar-refractivity contribution is -0.138. The van der Waals surface area contributed by atoms with Gasteiger partial charge in [0.05, 0.1) is 10.9 Å². The molecule has 0 aromatic carbocycles. The molecule has 1 spiro atoms. The Bertz CT molecular complexity index is 438. The number of aliphatic hydroxyl groups is 1. The van der Waals surface area contributed by atoms with Crippen LogP contribution in [0.1, 0.15) is 20.3 Å². The van der Waals surface area contributed by atoms with Crippen molar-refractivity contribution in [2.24, 2.45) is 0 Å². The molecule has 0 saturated carbocycles. The third-order valence-electron chi connectivity index (χ3n) is 3.68. The third-order valence-corrected chi connectivity index (χ3v) is 6.14. The van der Waals surface area contributed by atoms with Crippen molar-refractivity contribution < 1.29 is 19.4 Å². The van der Waals surface area contributed by atoms with E-state index in [-0.39, 0.29) is 17.8 Å². The van der Waals surface area contributed by atoms with Crippen molar-refractivity contribution in [2.45, 2.75) is 43.5 Å². The van der Waals surface area contributed by atoms with Crippen molar-refractivity contribution in [3.63, 3.8) is 0 Å². The molecule has 2 saturated heterocycles. The lowest BCUT2D eigenvalue weighted by Crippen LogP contribution is -2.57. The number of carbonyl (C=O) groups excluding carboxylic acids is 2. The van der Waals surface area contributed by atoms with Gasteiger partial charge in [0.15, 0.2) is 12.0 Å². The van der Waals surface area contributed by atoms with E-state index in [1.807, 2.05) is 0 Å². The molecule has 5 nitrogen and oxygen atoms in total. The lowest BCUT2D eigenvalue weighted by Gasteiger charge is -2.45. The van der Waals surface area contributed by atoms with Gasteiger partial charge in [-0.3, -0.25) is 14.5 Å². The third kappa shape index (κ3) is 2.77. The predicted molar refractivity (Wildman–Crippen MR) is 85.7 cm³/mol. The number of alkyl halides is 1. The number of ether oxygens (including phenoxy) is 1. The van der Waals surface area contributed by atoms with E-state index in [1.54, 1.807) is 11.8 Å². The van der Waals surface area contributed by atoms with Crippen LogP contribution in [-0.4, -0.2) is 55.1 Å². The van der Waals surface area contributed by atoms with Gasteiger partial charge in [-0.1, -0.05) is 22.6 Å². The van der Waals surface area contributed by atoms with E-state index in [2.05, 4.69) is 22.6 Å². The molecule has 1 N–H and O–H groups in total. The highest BCUT2D eigenvalue weighted by atomic mass is 127. The number of hydrogen-bond acceptors (Lipinski definition) is 5. The quantitative estimate of drug-likeness (QED) is 0.430. The molecule has 2 rings (SSSR count). The van der Waals surface area contributed by atoms with Gasteiger partial charge in [0.2, 0.25) is 5.91 Å². The minimum absolute atomic E-state index is 0.129. The molecule has 0 aromatic rings. The van der Waals surface area contributed by atoms with Crippen LogP contribution < -0.4 is 0 Å². The smallest absolute Gasteiger partial charge is 0.225 e. The number of carbonyl (C=O) groups is 2. The Morgan fingerprint density at radius 3 is 2.60 bits per heavy atom. The first-order valence-electron chi connectivity index (χ1n) is 6.43. The summed E-state index contributed by atoms with van der Waals surface area (Å²) in [5.41, 5.74) is 0. The van der Waals surface area contributed by atoms with E-state index in [0.717, 1.165) is 12.2 Å². The fourth-order valence-corrected chi connectivity index (χ4v) is 4.54. The molecular weight excluding hydrogens is 393 g/mol. The van der Waals surface area contributed by atoms with Crippen molar-refractivity contribution in [1.82, 2.24) is 4.90 Å². The second-order valence-electron chi connectivity index (χ2n) is 5.03. The van der Waals surface area contributed by atoms with Crippen LogP contribution in [0.2, 0.25) is 0 Å². The van der Waals surface area contributed by atoms with Crippen molar-refractivity contribution in [3.8, 4) is 0 Å². The van der Waals surface area contributed by atoms with Crippen molar-refractivity contribution in [2.75, 3.05) is 10.2 Å². The zero-order chi connectivity index (χ0) is 14.9. The number of rotatable bonds is 4. The molecule has 7 heteroatoms. The molecule has 0 radical (unpaired) electrons. The first-order chi connectivity index (χ1) is 9.42. The van der Waals surface area contributed by atoms with E-state index in [4.69, 9.17) is 4.74 Å². The van der Waals surface area contributed by atoms with E-state index >= 15 is 0 Å². The first kappa shape index (κ1) is 16.3. The van der Waals surface area contributed by atoms with E-state index in [1.165, 1.54) is 31.0 Å². The molecule has 20 heavy (non-hydrogen) atoms. The van der Waals surface area contributed by atoms with Gasteiger partial charge in [-0.25, -0.2) is 0 Å². The lowest BCUT2D eigenvalue weighted by atomic mass is 9.94. The van der Waals surface area contributed by atoms with Crippen molar-refractivity contribution in [1.29, 1.82) is 0 Å². The zero-order valence-corrected chi connectivity index (χ0v) is 14.4. The van der Waals surface area contributed by atoms with Crippen LogP contribution in [0.15, 0.2) is 12.3 Å². The maximum Gasteiger partial charge on any atom is 0.225 e. The van der Waals surface area contributed by atoms with Gasteiger partial charge in [-0.15, -0.1) is 11.8 Å². The van der Waals surface area contributed by atoms with Gasteiger partial charge < -0.3 is 9.84 Å². The Morgan fingerprint density at radius 1 is 1.55 bits per heavy atom. The van der Waals surface area contributed by atoms with Gasteiger partial charge in [0, 0.05) is 17.6 Å². The Morgan fingerprint density at radius 2 is 2.20 bits per heavy atom. The minimum Gasteiger partial charge on any atom is -0.389 e. The van der Waals surface area contributed by atoms with Gasteiger partial charge >= 0.3 is 0 Å². The molecule has 2 fully saturated rings. The largest absolute Gasteiger partial charge is 0.389 e. The molecular formula is C13H18INO4S. The summed E-state index contributed by atoms with van der Waals surface area (Å²) in [6.45, 7) is 2.87. The summed E-state index contributed by atoms with van der Waals surface area (Å²) in [4.78, 5) is 24.4. The molecule has 2 aliphatic rings. The van der Waals surface area contributed by atoms with Crippen LogP contribution in [0.4, 0.5) is 0 Å². The Kier molecular flexibility index (Phi) is 5.14. The van der Waals surface area contributed by atoms with E-state index in [9.17, 15) is 14.7 Å². The monoisotopic (exact) mass is 411 g/mol. The average Bonchev–Trinajstić information content (AvgIpc) is 2.61. The number of ketones is 1. The van der Waals surface area contributed by atoms with Gasteiger partial charge in [0.1, 0.15) is 6.10 Å². The topological polar surface area (TPSA) is 66.8 Å². The minimum atomic E-state index is -0.587. The van der Waals surface area contributed by atoms with Gasteiger partial charge in [0.25, 0.3) is 0 Å². The molecule has 0 aromatic heterocycles. The van der Waals surface area contributed by atoms with Crippen LogP contribution in [0.5, 0.6) is 0 Å². The highest BCUT2D eigenvalue weighted by Gasteiger charge is 2.61. The van der Waals surface area contributed by atoms with Crippen LogP contribution in [0, 0.1) is 0 Å². The van der Waals surface area contributed by atoms with Crippen LogP contribution in [-0.2, 0) is 14.3 Å². The highest BCUT2D eigenvalue weighted by molar-refractivity contribution is 14.1. The van der Waals surface area contributed by atoms with Crippen LogP contribution in [0.25, 0.3) is 0 Å². The first-order valence-corrected chi connectivity index (χ1v) is 8.94. The Balaban J connectivity index is 2.27. The summed E-state index contributed by atoms with van der Waals surface area (Å²) < 4.78 is 6.11. The summed E-state index contributed by atoms with van der Waals surface area (Å²) in [7, 11) is 0. The summed E-state index contributed by atoms with van der Waals surface area (Å²) in [5, 5.41) is 10.5. The maximum atomic E-state index is 11.9. The fraction of sp³-hybridized carbons (Fsp3) is 0.692. The molecule has 0 aliphatic carbocycles. The van der Waals surface area contributed by atoms with Crippen molar-refractivity contribution >= 4 is 46.0 Å². The number of aliphatic hydroxyl groups excluding tert-OH is 1. The molecule has 1 amide bonds. The number of amides is 1. The standard InChI is InChI=1S/C13H18INO4S/c1-8(16)3-5-15(9(2)17)12-13(4-6-20-13)11(18)10(7-14)19-12/h3,5,10-12,18H,4,6-7H2,1-2H3/b5-3-/t10-,11-,12-,13-/m1/s1. The molecule has 112 valence electrons. The summed E-state index contributed by atoms with van der Waals surface area (Å²) in [6, 6.07) is 0. The molecule has 0 unspecified atom stereocenters. The van der Waals surface area contributed by atoms with Crippen LogP contribution in [0.3, 0.4) is 0 Å². The SMILES string of the molecule is CC(=O)/C=C\N(C(C)=O)[C@@H]1O[C@H](CI)[C@@H](O)[C@]12CCS2. The summed E-state index contributed by atoms with van der Waals surface area (Å²) in [6.07, 6.45) is 2.26. The fourth-order valence-electron chi connectivity index (χ4n) is 2.54. The molecule has 2 aliphatic heterocycles. The number of hydrogen-bond donors (Lipinski definition) is 1. The Labute approximate surface area is 136 Å². The van der Waals surface area contributed by atoms with Gasteiger partial charge in [-0.05, 0) is 25.2 Å². The summed E-state index contributed by atoms with van der Waals surface area (Å²) >= 11 is 3.81. The molecule has 0 bridgehead atoms. The van der Waals surface area contributed by atoms with E-state index in [0.29, 0.717) is 4.43 Å². The molecule has 4 atom stereocenters. The number of nitrogens with zero attached hydrogens (tertiary/aromatic N) is 1. The zero-order valence-electron chi connectivity index (χ0n) is 11.4. The van der Waals surface area contributed by atoms with E-state index < -0.39 is 17.1 Å². The van der Waals surface area contributed by atoms with Gasteiger partial charge in [-0.2, -0.15) is 0 Å². The Hall–Kier alpha value is -0.120. The normalized spacial score (nSPS) is 36.3.